The molecule has 1 aliphatic rings. The van der Waals surface area contributed by atoms with Crippen LogP contribution < -0.4 is 5.32 Å². The molecule has 1 aromatic carbocycles. The van der Waals surface area contributed by atoms with Crippen molar-refractivity contribution in [3.8, 4) is 11.5 Å². The molecule has 28 heavy (non-hydrogen) atoms. The number of nitrogens with zero attached hydrogens (tertiary/aromatic N) is 3. The number of halogens is 1. The monoisotopic (exact) mass is 394 g/mol. The van der Waals surface area contributed by atoms with Crippen LogP contribution in [0.3, 0.4) is 0 Å². The van der Waals surface area contributed by atoms with Crippen molar-refractivity contribution < 1.29 is 13.7 Å². The molecule has 0 saturated heterocycles. The molecule has 8 heteroatoms. The van der Waals surface area contributed by atoms with Crippen molar-refractivity contribution in [3.63, 3.8) is 0 Å². The van der Waals surface area contributed by atoms with E-state index >= 15 is 0 Å². The second-order valence-electron chi connectivity index (χ2n) is 6.61. The first-order valence-electron chi connectivity index (χ1n) is 8.82. The minimum absolute atomic E-state index is 0.135. The first kappa shape index (κ1) is 16.8. The summed E-state index contributed by atoms with van der Waals surface area (Å²) >= 11 is 6.08. The van der Waals surface area contributed by atoms with Crippen LogP contribution in [-0.2, 0) is 6.42 Å². The summed E-state index contributed by atoms with van der Waals surface area (Å²) in [6.07, 6.45) is 6.87. The summed E-state index contributed by atoms with van der Waals surface area (Å²) in [5.74, 6) is 0.533. The molecule has 5 rings (SSSR count). The van der Waals surface area contributed by atoms with Crippen LogP contribution in [0, 0.1) is 0 Å². The van der Waals surface area contributed by atoms with Crippen molar-refractivity contribution >= 4 is 23.2 Å². The van der Waals surface area contributed by atoms with Crippen molar-refractivity contribution in [2.45, 2.75) is 18.9 Å². The largest absolute Gasteiger partial charge is 0.461 e. The van der Waals surface area contributed by atoms with Crippen LogP contribution in [0.4, 0.5) is 5.69 Å². The van der Waals surface area contributed by atoms with Gasteiger partial charge in [-0.25, -0.2) is 0 Å². The van der Waals surface area contributed by atoms with Gasteiger partial charge in [0.25, 0.3) is 5.91 Å². The number of benzene rings is 1. The summed E-state index contributed by atoms with van der Waals surface area (Å²) in [7, 11) is 0. The fourth-order valence-electron chi connectivity index (χ4n) is 3.52. The Bertz CT molecular complexity index is 1150. The van der Waals surface area contributed by atoms with Crippen LogP contribution in [0.25, 0.3) is 11.5 Å². The molecule has 0 saturated carbocycles. The highest BCUT2D eigenvalue weighted by molar-refractivity contribution is 6.30. The molecule has 0 radical (unpaired) electrons. The van der Waals surface area contributed by atoms with Gasteiger partial charge in [0.1, 0.15) is 0 Å². The maximum atomic E-state index is 12.4. The van der Waals surface area contributed by atoms with E-state index in [1.807, 2.05) is 29.1 Å². The number of anilines is 1. The van der Waals surface area contributed by atoms with E-state index in [4.69, 9.17) is 20.5 Å². The van der Waals surface area contributed by atoms with E-state index in [1.54, 1.807) is 18.3 Å². The van der Waals surface area contributed by atoms with E-state index < -0.39 is 0 Å². The number of aromatic nitrogens is 3. The van der Waals surface area contributed by atoms with E-state index in [0.717, 1.165) is 17.9 Å². The predicted molar refractivity (Wildman–Crippen MR) is 102 cm³/mol. The lowest BCUT2D eigenvalue weighted by molar-refractivity contribution is 0.101. The summed E-state index contributed by atoms with van der Waals surface area (Å²) in [5.41, 5.74) is 3.21. The topological polar surface area (TPSA) is 86.1 Å². The van der Waals surface area contributed by atoms with E-state index in [2.05, 4.69) is 15.6 Å². The molecule has 1 aliphatic carbocycles. The number of amides is 1. The molecule has 140 valence electrons. The van der Waals surface area contributed by atoms with Crippen LogP contribution >= 0.6 is 11.6 Å². The fraction of sp³-hybridized carbons (Fsp3) is 0.150. The maximum Gasteiger partial charge on any atom is 0.277 e. The van der Waals surface area contributed by atoms with Gasteiger partial charge in [0.15, 0.2) is 11.5 Å². The lowest BCUT2D eigenvalue weighted by Crippen LogP contribution is -2.12. The number of furan rings is 1. The second-order valence-corrected chi connectivity index (χ2v) is 7.05. The molecule has 3 heterocycles. The number of carbonyl (C=O) groups is 1. The predicted octanol–water partition coefficient (Wildman–Crippen LogP) is 4.57. The van der Waals surface area contributed by atoms with Crippen molar-refractivity contribution in [1.29, 1.82) is 0 Å². The molecule has 4 aromatic rings. The maximum absolute atomic E-state index is 12.4. The number of fused-ring (bicyclic) bond motifs is 1. The van der Waals surface area contributed by atoms with E-state index in [1.165, 1.54) is 23.5 Å². The molecule has 1 atom stereocenters. The van der Waals surface area contributed by atoms with Gasteiger partial charge in [0, 0.05) is 17.3 Å². The van der Waals surface area contributed by atoms with Crippen molar-refractivity contribution in [2.75, 3.05) is 5.32 Å². The summed E-state index contributed by atoms with van der Waals surface area (Å²) in [5, 5.41) is 11.8. The van der Waals surface area contributed by atoms with Crippen LogP contribution in [0.1, 0.15) is 34.1 Å². The van der Waals surface area contributed by atoms with Gasteiger partial charge in [-0.1, -0.05) is 22.8 Å². The van der Waals surface area contributed by atoms with Gasteiger partial charge in [-0.2, -0.15) is 5.10 Å². The third-order valence-electron chi connectivity index (χ3n) is 4.84. The summed E-state index contributed by atoms with van der Waals surface area (Å²) < 4.78 is 12.3. The zero-order valence-corrected chi connectivity index (χ0v) is 15.4. The number of hydrogen-bond acceptors (Lipinski definition) is 5. The molecule has 0 bridgehead atoms. The molecule has 1 N–H and O–H groups in total. The number of nitrogens with one attached hydrogen (secondary N) is 1. The molecule has 3 aromatic heterocycles. The summed E-state index contributed by atoms with van der Waals surface area (Å²) in [6.45, 7) is 0. The van der Waals surface area contributed by atoms with Crippen molar-refractivity contribution in [1.82, 2.24) is 14.9 Å². The Morgan fingerprint density at radius 1 is 1.25 bits per heavy atom. The van der Waals surface area contributed by atoms with Crippen LogP contribution in [-0.4, -0.2) is 20.8 Å². The highest BCUT2D eigenvalue weighted by atomic mass is 35.5. The smallest absolute Gasteiger partial charge is 0.277 e. The molecule has 1 amide bonds. The molecule has 0 aliphatic heterocycles. The Balaban J connectivity index is 1.32. The van der Waals surface area contributed by atoms with E-state index in [-0.39, 0.29) is 17.6 Å². The fourth-order valence-corrected chi connectivity index (χ4v) is 3.72. The van der Waals surface area contributed by atoms with Crippen molar-refractivity contribution in [3.05, 3.63) is 76.9 Å². The van der Waals surface area contributed by atoms with E-state index in [9.17, 15) is 4.79 Å². The highest BCUT2D eigenvalue weighted by Gasteiger charge is 2.25. The quantitative estimate of drug-likeness (QED) is 0.547. The van der Waals surface area contributed by atoms with Gasteiger partial charge in [-0.3, -0.25) is 9.48 Å². The molecule has 1 unspecified atom stereocenters. The summed E-state index contributed by atoms with van der Waals surface area (Å²) in [4.78, 5) is 12.4. The molecule has 7 nitrogen and oxygen atoms in total. The second kappa shape index (κ2) is 6.69. The third kappa shape index (κ3) is 2.99. The van der Waals surface area contributed by atoms with Gasteiger partial charge in [-0.05, 0) is 48.2 Å². The van der Waals surface area contributed by atoms with Gasteiger partial charge in [-0.15, -0.1) is 0 Å². The number of hydrogen-bond donors (Lipinski definition) is 1. The minimum atomic E-state index is -0.375. The van der Waals surface area contributed by atoms with Gasteiger partial charge in [0.05, 0.1) is 24.2 Å². The average molecular weight is 395 g/mol. The zero-order chi connectivity index (χ0) is 19.1. The molecular formula is C20H15ClN4O3. The Morgan fingerprint density at radius 2 is 2.18 bits per heavy atom. The Hall–Kier alpha value is -3.32. The molecular weight excluding hydrogens is 380 g/mol. The van der Waals surface area contributed by atoms with Gasteiger partial charge in [0.2, 0.25) is 5.76 Å². The number of carbonyl (C=O) groups excluding carboxylic acids is 1. The van der Waals surface area contributed by atoms with Crippen LogP contribution in [0.2, 0.25) is 5.02 Å². The Labute approximate surface area is 164 Å². The zero-order valence-electron chi connectivity index (χ0n) is 14.6. The molecule has 0 spiro atoms. The molecule has 0 fully saturated rings. The number of rotatable bonds is 4. The first-order chi connectivity index (χ1) is 13.7. The lowest BCUT2D eigenvalue weighted by Gasteiger charge is -2.12. The first-order valence-corrected chi connectivity index (χ1v) is 9.19. The average Bonchev–Trinajstić information content (AvgIpc) is 3.45. The normalized spacial score (nSPS) is 15.5. The van der Waals surface area contributed by atoms with Crippen molar-refractivity contribution in [2.24, 2.45) is 0 Å². The van der Waals surface area contributed by atoms with Crippen LogP contribution in [0.5, 0.6) is 0 Å². The van der Waals surface area contributed by atoms with Crippen LogP contribution in [0.15, 0.2) is 64.0 Å². The number of aryl methyl sites for hydroxylation is 1. The highest BCUT2D eigenvalue weighted by Crippen LogP contribution is 2.35. The third-order valence-corrected chi connectivity index (χ3v) is 5.07. The summed E-state index contributed by atoms with van der Waals surface area (Å²) in [6, 6.07) is 11.1. The van der Waals surface area contributed by atoms with Gasteiger partial charge < -0.3 is 14.3 Å². The van der Waals surface area contributed by atoms with E-state index in [0.29, 0.717) is 17.2 Å². The lowest BCUT2D eigenvalue weighted by atomic mass is 10.1. The Morgan fingerprint density at radius 3 is 3.04 bits per heavy atom. The Kier molecular flexibility index (Phi) is 4.02. The SMILES string of the molecule is O=C(Nc1cnn(C2CCc3cc(Cl)ccc32)c1)c1cc(-c2ccco2)on1. The van der Waals surface area contributed by atoms with Gasteiger partial charge >= 0.3 is 0 Å². The minimum Gasteiger partial charge on any atom is -0.461 e. The standard InChI is InChI=1S/C20H15ClN4O3/c21-13-4-5-15-12(8-13)3-6-17(15)25-11-14(10-22-25)23-20(26)16-9-19(28-24-16)18-2-1-7-27-18/h1-2,4-5,7-11,17H,3,6H2,(H,23,26).